The Hall–Kier alpha value is -2.69. The summed E-state index contributed by atoms with van der Waals surface area (Å²) in [6, 6.07) is 6.89. The minimum Gasteiger partial charge on any atom is -0.353 e. The summed E-state index contributed by atoms with van der Waals surface area (Å²) in [6.07, 6.45) is 10.1. The van der Waals surface area contributed by atoms with Crippen LogP contribution in [0.5, 0.6) is 0 Å². The average molecular weight is 389 g/mol. The highest BCUT2D eigenvalue weighted by atomic mass is 16.2. The number of anilines is 1. The molecule has 0 saturated carbocycles. The Kier molecular flexibility index (Phi) is 4.82. The number of benzene rings is 1. The minimum atomic E-state index is 0.0209. The second kappa shape index (κ2) is 7.62. The van der Waals surface area contributed by atoms with Crippen molar-refractivity contribution in [2.24, 2.45) is 0 Å². The van der Waals surface area contributed by atoms with E-state index < -0.39 is 0 Å². The predicted molar refractivity (Wildman–Crippen MR) is 114 cm³/mol. The van der Waals surface area contributed by atoms with Crippen molar-refractivity contribution in [3.8, 4) is 0 Å². The van der Waals surface area contributed by atoms with Gasteiger partial charge in [-0.15, -0.1) is 0 Å². The quantitative estimate of drug-likeness (QED) is 0.759. The fourth-order valence-electron chi connectivity index (χ4n) is 5.36. The zero-order valence-corrected chi connectivity index (χ0v) is 16.9. The van der Waals surface area contributed by atoms with Crippen molar-refractivity contribution in [2.75, 3.05) is 31.1 Å². The van der Waals surface area contributed by atoms with Crippen LogP contribution < -0.4 is 4.90 Å². The first-order valence-electron chi connectivity index (χ1n) is 10.8. The number of nitrogens with zero attached hydrogens (tertiary/aromatic N) is 4. The van der Waals surface area contributed by atoms with Crippen molar-refractivity contribution < 1.29 is 4.79 Å². The van der Waals surface area contributed by atoms with Gasteiger partial charge in [0, 0.05) is 37.4 Å². The summed E-state index contributed by atoms with van der Waals surface area (Å²) < 4.78 is 0. The second-order valence-electron chi connectivity index (χ2n) is 8.42. The van der Waals surface area contributed by atoms with Crippen LogP contribution in [0, 0.1) is 0 Å². The zero-order valence-electron chi connectivity index (χ0n) is 16.9. The largest absolute Gasteiger partial charge is 0.353 e. The number of fused-ring (bicyclic) bond motifs is 2. The van der Waals surface area contributed by atoms with E-state index >= 15 is 0 Å². The van der Waals surface area contributed by atoms with Crippen LogP contribution in [0.4, 0.5) is 5.82 Å². The number of rotatable bonds is 3. The van der Waals surface area contributed by atoms with E-state index in [1.54, 1.807) is 23.0 Å². The molecule has 0 radical (unpaired) electrons. The molecule has 0 bridgehead atoms. The van der Waals surface area contributed by atoms with Crippen LogP contribution >= 0.6 is 0 Å². The number of carbonyl (C=O) groups excluding carboxylic acids is 1. The third-order valence-electron chi connectivity index (χ3n) is 6.88. The monoisotopic (exact) mass is 388 g/mol. The standard InChI is InChI=1S/C24H28N4O/c1-2-23(29)27-11-13-28(14-12-27)24-21-10-9-18(15-22(21)25-16-26-24)20-8-4-6-17-5-3-7-19(17)20/h2,4,6,8,16,18H,1,3,5,7,9-15H2/t18-/m1/s1. The molecule has 1 aromatic carbocycles. The van der Waals surface area contributed by atoms with Gasteiger partial charge in [-0.05, 0) is 67.2 Å². The normalized spacial score (nSPS) is 20.9. The molecule has 1 fully saturated rings. The Morgan fingerprint density at radius 2 is 1.93 bits per heavy atom. The molecule has 1 amide bonds. The van der Waals surface area contributed by atoms with Crippen molar-refractivity contribution in [3.63, 3.8) is 0 Å². The Labute approximate surface area is 172 Å². The fraction of sp³-hybridized carbons (Fsp3) is 0.458. The maximum atomic E-state index is 11.9. The number of carbonyl (C=O) groups is 1. The van der Waals surface area contributed by atoms with E-state index in [4.69, 9.17) is 0 Å². The lowest BCUT2D eigenvalue weighted by molar-refractivity contribution is -0.126. The third-order valence-corrected chi connectivity index (χ3v) is 6.88. The molecule has 5 heteroatoms. The SMILES string of the molecule is C=CC(=O)N1CCN(c2ncnc3c2CC[C@@H](c2cccc4c2CCC4)C3)CC1. The molecule has 5 nitrogen and oxygen atoms in total. The third kappa shape index (κ3) is 3.33. The van der Waals surface area contributed by atoms with E-state index in [1.807, 2.05) is 4.90 Å². The molecule has 0 N–H and O–H groups in total. The lowest BCUT2D eigenvalue weighted by atomic mass is 9.80. The summed E-state index contributed by atoms with van der Waals surface area (Å²) in [5.41, 5.74) is 7.26. The maximum absolute atomic E-state index is 11.9. The molecule has 29 heavy (non-hydrogen) atoms. The van der Waals surface area contributed by atoms with Crippen LogP contribution in [0.1, 0.15) is 46.7 Å². The highest BCUT2D eigenvalue weighted by Crippen LogP contribution is 2.39. The number of aryl methyl sites for hydroxylation is 1. The van der Waals surface area contributed by atoms with Gasteiger partial charge in [0.05, 0.1) is 0 Å². The topological polar surface area (TPSA) is 49.3 Å². The number of hydrogen-bond donors (Lipinski definition) is 0. The van der Waals surface area contributed by atoms with Crippen molar-refractivity contribution in [2.45, 2.75) is 44.4 Å². The Bertz CT molecular complexity index is 946. The molecule has 0 spiro atoms. The summed E-state index contributed by atoms with van der Waals surface area (Å²) >= 11 is 0. The van der Waals surface area contributed by atoms with Crippen LogP contribution in [-0.2, 0) is 30.5 Å². The van der Waals surface area contributed by atoms with Gasteiger partial charge in [-0.25, -0.2) is 9.97 Å². The predicted octanol–water partition coefficient (Wildman–Crippen LogP) is 3.07. The highest BCUT2D eigenvalue weighted by Gasteiger charge is 2.29. The van der Waals surface area contributed by atoms with E-state index in [9.17, 15) is 4.79 Å². The molecule has 2 heterocycles. The first-order chi connectivity index (χ1) is 14.2. The summed E-state index contributed by atoms with van der Waals surface area (Å²) in [7, 11) is 0. The van der Waals surface area contributed by atoms with Gasteiger partial charge in [0.15, 0.2) is 0 Å². The van der Waals surface area contributed by atoms with Crippen LogP contribution in [0.25, 0.3) is 0 Å². The van der Waals surface area contributed by atoms with E-state index in [0.29, 0.717) is 5.92 Å². The molecule has 2 aliphatic carbocycles. The zero-order chi connectivity index (χ0) is 19.8. The molecule has 2 aromatic rings. The summed E-state index contributed by atoms with van der Waals surface area (Å²) in [5.74, 6) is 1.67. The lowest BCUT2D eigenvalue weighted by Gasteiger charge is -2.37. The van der Waals surface area contributed by atoms with E-state index in [2.05, 4.69) is 39.6 Å². The molecular weight excluding hydrogens is 360 g/mol. The molecule has 3 aliphatic rings. The van der Waals surface area contributed by atoms with Crippen LogP contribution in [0.15, 0.2) is 37.2 Å². The average Bonchev–Trinajstić information content (AvgIpc) is 3.27. The van der Waals surface area contributed by atoms with Crippen molar-refractivity contribution >= 4 is 11.7 Å². The first-order valence-corrected chi connectivity index (χ1v) is 10.8. The van der Waals surface area contributed by atoms with Gasteiger partial charge in [-0.1, -0.05) is 24.8 Å². The minimum absolute atomic E-state index is 0.0209. The molecule has 150 valence electrons. The van der Waals surface area contributed by atoms with Gasteiger partial charge in [0.2, 0.25) is 5.91 Å². The van der Waals surface area contributed by atoms with Gasteiger partial charge in [-0.2, -0.15) is 0 Å². The van der Waals surface area contributed by atoms with Gasteiger partial charge < -0.3 is 9.80 Å². The van der Waals surface area contributed by atoms with Crippen molar-refractivity contribution in [1.29, 1.82) is 0 Å². The van der Waals surface area contributed by atoms with E-state index in [-0.39, 0.29) is 5.91 Å². The van der Waals surface area contributed by atoms with Gasteiger partial charge in [0.1, 0.15) is 12.1 Å². The van der Waals surface area contributed by atoms with Gasteiger partial charge in [-0.3, -0.25) is 4.79 Å². The highest BCUT2D eigenvalue weighted by molar-refractivity contribution is 5.87. The van der Waals surface area contributed by atoms with Crippen LogP contribution in [0.3, 0.4) is 0 Å². The van der Waals surface area contributed by atoms with Crippen LogP contribution in [0.2, 0.25) is 0 Å². The van der Waals surface area contributed by atoms with Crippen LogP contribution in [-0.4, -0.2) is 47.0 Å². The summed E-state index contributed by atoms with van der Waals surface area (Å²) in [5, 5.41) is 0. The summed E-state index contributed by atoms with van der Waals surface area (Å²) in [4.78, 5) is 25.4. The number of hydrogen-bond acceptors (Lipinski definition) is 4. The maximum Gasteiger partial charge on any atom is 0.246 e. The van der Waals surface area contributed by atoms with E-state index in [1.165, 1.54) is 43.0 Å². The molecule has 1 aliphatic heterocycles. The second-order valence-corrected chi connectivity index (χ2v) is 8.42. The fourth-order valence-corrected chi connectivity index (χ4v) is 5.36. The lowest BCUT2D eigenvalue weighted by Crippen LogP contribution is -2.49. The van der Waals surface area contributed by atoms with E-state index in [0.717, 1.165) is 44.8 Å². The number of piperazine rings is 1. The Morgan fingerprint density at radius 1 is 1.07 bits per heavy atom. The smallest absolute Gasteiger partial charge is 0.246 e. The molecule has 1 aromatic heterocycles. The first kappa shape index (κ1) is 18.3. The Balaban J connectivity index is 1.36. The molecule has 0 unspecified atom stereocenters. The molecule has 1 atom stereocenters. The molecule has 5 rings (SSSR count). The van der Waals surface area contributed by atoms with Crippen molar-refractivity contribution in [3.05, 3.63) is 65.1 Å². The number of amides is 1. The molecule has 1 saturated heterocycles. The Morgan fingerprint density at radius 3 is 2.76 bits per heavy atom. The molecular formula is C24H28N4O. The number of aromatic nitrogens is 2. The van der Waals surface area contributed by atoms with Crippen molar-refractivity contribution in [1.82, 2.24) is 14.9 Å². The van der Waals surface area contributed by atoms with Gasteiger partial charge in [0.25, 0.3) is 0 Å². The summed E-state index contributed by atoms with van der Waals surface area (Å²) in [6.45, 7) is 6.68. The van der Waals surface area contributed by atoms with Gasteiger partial charge >= 0.3 is 0 Å².